The van der Waals surface area contributed by atoms with E-state index < -0.39 is 0 Å². The molecule has 84 valence electrons. The molecule has 0 aliphatic carbocycles. The van der Waals surface area contributed by atoms with Gasteiger partial charge >= 0.3 is 0 Å². The molecule has 14 heavy (non-hydrogen) atoms. The molecule has 0 aromatic carbocycles. The molecule has 0 aromatic rings. The van der Waals surface area contributed by atoms with Crippen molar-refractivity contribution in [2.75, 3.05) is 19.6 Å². The lowest BCUT2D eigenvalue weighted by Crippen LogP contribution is -2.27. The summed E-state index contributed by atoms with van der Waals surface area (Å²) in [5, 5.41) is 0. The normalized spacial score (nSPS) is 13.7. The quantitative estimate of drug-likeness (QED) is 0.653. The summed E-state index contributed by atoms with van der Waals surface area (Å²) in [7, 11) is 0. The van der Waals surface area contributed by atoms with Gasteiger partial charge in [-0.05, 0) is 13.8 Å². The number of hydrogen-bond donors (Lipinski definition) is 0. The van der Waals surface area contributed by atoms with Crippen LogP contribution in [0.1, 0.15) is 34.1 Å². The highest BCUT2D eigenvalue weighted by molar-refractivity contribution is 5.82. The first kappa shape index (κ1) is 15.6. The van der Waals surface area contributed by atoms with Gasteiger partial charge < -0.3 is 12.3 Å². The van der Waals surface area contributed by atoms with Crippen molar-refractivity contribution in [1.82, 2.24) is 4.90 Å². The number of ketones is 1. The van der Waals surface area contributed by atoms with E-state index in [1.54, 1.807) is 6.92 Å². The first-order valence-electron chi connectivity index (χ1n) is 4.95. The van der Waals surface area contributed by atoms with Crippen molar-refractivity contribution in [2.24, 2.45) is 4.99 Å². The summed E-state index contributed by atoms with van der Waals surface area (Å²) >= 11 is 0. The molecule has 1 aliphatic rings. The van der Waals surface area contributed by atoms with Crippen LogP contribution in [0.15, 0.2) is 4.99 Å². The second-order valence-electron chi connectivity index (χ2n) is 2.87. The fourth-order valence-electron chi connectivity index (χ4n) is 1.16. The van der Waals surface area contributed by atoms with Crippen LogP contribution < -0.4 is 0 Å². The molecule has 0 radical (unpaired) electrons. The molecule has 0 amide bonds. The summed E-state index contributed by atoms with van der Waals surface area (Å²) in [5.41, 5.74) is 0. The minimum absolute atomic E-state index is 0. The van der Waals surface area contributed by atoms with E-state index in [0.29, 0.717) is 6.42 Å². The highest BCUT2D eigenvalue weighted by atomic mass is 16.1. The molecule has 0 aromatic heterocycles. The van der Waals surface area contributed by atoms with E-state index in [-0.39, 0.29) is 13.2 Å². The summed E-state index contributed by atoms with van der Waals surface area (Å²) in [6, 6.07) is 0. The Morgan fingerprint density at radius 3 is 2.43 bits per heavy atom. The Hall–Kier alpha value is -0.860. The Bertz CT molecular complexity index is 188. The lowest BCUT2D eigenvalue weighted by atomic mass is 10.3. The van der Waals surface area contributed by atoms with Crippen molar-refractivity contribution in [3.05, 3.63) is 7.43 Å². The van der Waals surface area contributed by atoms with Crippen LogP contribution >= 0.6 is 0 Å². The summed E-state index contributed by atoms with van der Waals surface area (Å²) in [5.74, 6) is 1.33. The van der Waals surface area contributed by atoms with E-state index in [9.17, 15) is 4.79 Å². The molecule has 0 unspecified atom stereocenters. The average Bonchev–Trinajstić information content (AvgIpc) is 2.51. The Kier molecular flexibility index (Phi) is 9.73. The molecular formula is C11H23N2O-. The van der Waals surface area contributed by atoms with E-state index in [4.69, 9.17) is 0 Å². The van der Waals surface area contributed by atoms with Gasteiger partial charge in [-0.1, -0.05) is 13.8 Å². The topological polar surface area (TPSA) is 32.7 Å². The van der Waals surface area contributed by atoms with Gasteiger partial charge in [-0.3, -0.25) is 9.79 Å². The van der Waals surface area contributed by atoms with Crippen LogP contribution in [0.3, 0.4) is 0 Å². The third-order valence-electron chi connectivity index (χ3n) is 1.90. The summed E-state index contributed by atoms with van der Waals surface area (Å²) in [4.78, 5) is 17.0. The monoisotopic (exact) mass is 199 g/mol. The van der Waals surface area contributed by atoms with Gasteiger partial charge in [-0.2, -0.15) is 0 Å². The molecule has 0 fully saturated rings. The molecule has 1 heterocycles. The maximum absolute atomic E-state index is 10.6. The van der Waals surface area contributed by atoms with Crippen molar-refractivity contribution >= 4 is 11.6 Å². The van der Waals surface area contributed by atoms with Gasteiger partial charge in [0, 0.05) is 19.5 Å². The average molecular weight is 199 g/mol. The van der Waals surface area contributed by atoms with Crippen LogP contribution in [0.4, 0.5) is 0 Å². The van der Waals surface area contributed by atoms with Crippen LogP contribution in [0.2, 0.25) is 0 Å². The second kappa shape index (κ2) is 8.73. The Labute approximate surface area is 88.2 Å². The zero-order valence-corrected chi connectivity index (χ0v) is 10.1. The molecule has 1 rings (SSSR count). The van der Waals surface area contributed by atoms with Gasteiger partial charge in [-0.15, -0.1) is 0 Å². The third kappa shape index (κ3) is 5.73. The van der Waals surface area contributed by atoms with Gasteiger partial charge in [-0.25, -0.2) is 0 Å². The van der Waals surface area contributed by atoms with Crippen LogP contribution in [0.25, 0.3) is 0 Å². The van der Waals surface area contributed by atoms with E-state index in [1.165, 1.54) is 0 Å². The molecule has 0 saturated carbocycles. The van der Waals surface area contributed by atoms with Crippen LogP contribution in [-0.2, 0) is 4.79 Å². The fourth-order valence-corrected chi connectivity index (χ4v) is 1.16. The number of rotatable bonds is 3. The molecule has 0 N–H and O–H groups in total. The molecule has 3 nitrogen and oxygen atoms in total. The smallest absolute Gasteiger partial charge is 0.131 e. The van der Waals surface area contributed by atoms with Crippen molar-refractivity contribution in [3.63, 3.8) is 0 Å². The zero-order chi connectivity index (χ0) is 10.3. The van der Waals surface area contributed by atoms with Crippen molar-refractivity contribution < 1.29 is 4.79 Å². The fraction of sp³-hybridized carbons (Fsp3) is 0.727. The van der Waals surface area contributed by atoms with Gasteiger partial charge in [0.25, 0.3) is 0 Å². The standard InChI is InChI=1S/C8H14N2O.C2H6.CH3/c1-7(11)3-5-10-6-4-9-8(10)2;1-2;/h3-6H2,1-2H3;1-2H3;1H3/q;;-1. The number of amidine groups is 1. The molecule has 0 atom stereocenters. The predicted octanol–water partition coefficient (Wildman–Crippen LogP) is 2.18. The van der Waals surface area contributed by atoms with Crippen LogP contribution in [0, 0.1) is 7.43 Å². The minimum Gasteiger partial charge on any atom is -0.358 e. The molecule has 3 heteroatoms. The third-order valence-corrected chi connectivity index (χ3v) is 1.90. The summed E-state index contributed by atoms with van der Waals surface area (Å²) in [6.07, 6.45) is 0.646. The largest absolute Gasteiger partial charge is 0.358 e. The molecular weight excluding hydrogens is 176 g/mol. The van der Waals surface area contributed by atoms with E-state index in [0.717, 1.165) is 25.5 Å². The highest BCUT2D eigenvalue weighted by Crippen LogP contribution is 2.01. The molecule has 0 bridgehead atoms. The number of carbonyl (C=O) groups is 1. The van der Waals surface area contributed by atoms with E-state index in [2.05, 4.69) is 9.89 Å². The molecule has 0 saturated heterocycles. The first-order valence-corrected chi connectivity index (χ1v) is 4.95. The SMILES string of the molecule is CC.CC(=O)CCN1CCN=C1C.[CH3-]. The molecule has 1 aliphatic heterocycles. The number of nitrogens with zero attached hydrogens (tertiary/aromatic N) is 2. The summed E-state index contributed by atoms with van der Waals surface area (Å²) < 4.78 is 0. The number of hydrogen-bond acceptors (Lipinski definition) is 3. The summed E-state index contributed by atoms with van der Waals surface area (Å²) in [6.45, 7) is 10.3. The number of aliphatic imine (C=N–C) groups is 1. The Morgan fingerprint density at radius 2 is 2.07 bits per heavy atom. The Morgan fingerprint density at radius 1 is 1.50 bits per heavy atom. The van der Waals surface area contributed by atoms with Gasteiger partial charge in [0.15, 0.2) is 0 Å². The number of carbonyl (C=O) groups excluding carboxylic acids is 1. The van der Waals surface area contributed by atoms with Gasteiger partial charge in [0.05, 0.1) is 12.4 Å². The minimum atomic E-state index is 0. The lowest BCUT2D eigenvalue weighted by molar-refractivity contribution is -0.117. The van der Waals surface area contributed by atoms with E-state index >= 15 is 0 Å². The highest BCUT2D eigenvalue weighted by Gasteiger charge is 2.11. The van der Waals surface area contributed by atoms with E-state index in [1.807, 2.05) is 20.8 Å². The number of Topliss-reactive ketones (excluding diaryl/α,β-unsaturated/α-hetero) is 1. The second-order valence-corrected chi connectivity index (χ2v) is 2.87. The van der Waals surface area contributed by atoms with Crippen molar-refractivity contribution in [1.29, 1.82) is 0 Å². The molecule has 0 spiro atoms. The van der Waals surface area contributed by atoms with Crippen molar-refractivity contribution in [2.45, 2.75) is 34.1 Å². The Balaban J connectivity index is 0. The predicted molar refractivity (Wildman–Crippen MR) is 62.6 cm³/mol. The van der Waals surface area contributed by atoms with Gasteiger partial charge in [0.2, 0.25) is 0 Å². The van der Waals surface area contributed by atoms with Crippen molar-refractivity contribution in [3.8, 4) is 0 Å². The van der Waals surface area contributed by atoms with Gasteiger partial charge in [0.1, 0.15) is 5.78 Å². The first-order chi connectivity index (χ1) is 6.20. The lowest BCUT2D eigenvalue weighted by Gasteiger charge is -2.16. The maximum Gasteiger partial charge on any atom is 0.131 e. The zero-order valence-electron chi connectivity index (χ0n) is 10.1. The maximum atomic E-state index is 10.6. The van der Waals surface area contributed by atoms with Crippen LogP contribution in [0.5, 0.6) is 0 Å². The van der Waals surface area contributed by atoms with Crippen LogP contribution in [-0.4, -0.2) is 36.2 Å².